The highest BCUT2D eigenvalue weighted by Gasteiger charge is 2.34. The Morgan fingerprint density at radius 3 is 2.12 bits per heavy atom. The molecule has 1 N–H and O–H groups in total. The zero-order chi connectivity index (χ0) is 30.5. The first-order chi connectivity index (χ1) is 19.2. The van der Waals surface area contributed by atoms with Crippen molar-refractivity contribution in [3.8, 4) is 0 Å². The minimum atomic E-state index is -4.20. The Bertz CT molecular complexity index is 1510. The summed E-state index contributed by atoms with van der Waals surface area (Å²) in [4.78, 5) is 28.7. The number of hydrogen-bond acceptors (Lipinski definition) is 4. The average molecular weight is 639 g/mol. The van der Waals surface area contributed by atoms with Gasteiger partial charge in [0.1, 0.15) is 12.6 Å². The largest absolute Gasteiger partial charge is 0.352 e. The molecule has 0 spiro atoms. The maximum Gasteiger partial charge on any atom is 0.264 e. The molecule has 11 heteroatoms. The number of nitrogens with zero attached hydrogens (tertiary/aromatic N) is 2. The van der Waals surface area contributed by atoms with E-state index in [1.165, 1.54) is 23.1 Å². The Balaban J connectivity index is 2.11. The minimum absolute atomic E-state index is 0.0180. The van der Waals surface area contributed by atoms with Crippen molar-refractivity contribution in [1.82, 2.24) is 10.2 Å². The van der Waals surface area contributed by atoms with Crippen LogP contribution < -0.4 is 9.62 Å². The second-order valence-corrected chi connectivity index (χ2v) is 13.2. The molecule has 41 heavy (non-hydrogen) atoms. The van der Waals surface area contributed by atoms with E-state index in [-0.39, 0.29) is 35.5 Å². The number of anilines is 1. The van der Waals surface area contributed by atoms with Gasteiger partial charge in [-0.2, -0.15) is 0 Å². The molecular formula is C30H34Cl3N3O4S. The van der Waals surface area contributed by atoms with E-state index < -0.39 is 28.5 Å². The maximum atomic E-state index is 14.1. The number of carbonyl (C=O) groups is 2. The molecule has 3 aromatic rings. The van der Waals surface area contributed by atoms with Crippen molar-refractivity contribution in [3.05, 3.63) is 92.4 Å². The third-order valence-electron chi connectivity index (χ3n) is 6.50. The van der Waals surface area contributed by atoms with Crippen molar-refractivity contribution in [1.29, 1.82) is 0 Å². The fraction of sp³-hybridized carbons (Fsp3) is 0.333. The van der Waals surface area contributed by atoms with Gasteiger partial charge in [-0.25, -0.2) is 8.42 Å². The normalized spacial score (nSPS) is 12.2. The standard InChI is InChI=1S/C30H34Cl3N3O4S/c1-6-28(30(38)34-19(2)3)35(17-22-10-11-23(31)15-27(22)33)29(37)18-36(24-12-9-21(5)26(32)16-24)41(39,40)25-13-7-20(4)8-14-25/h7-16,19,28H,6,17-18H2,1-5H3,(H,34,38). The third-order valence-corrected chi connectivity index (χ3v) is 9.29. The Kier molecular flexibility index (Phi) is 11.1. The van der Waals surface area contributed by atoms with Crippen LogP contribution in [-0.4, -0.2) is 43.8 Å². The van der Waals surface area contributed by atoms with Crippen LogP contribution in [0.3, 0.4) is 0 Å². The van der Waals surface area contributed by atoms with Gasteiger partial charge in [0.15, 0.2) is 0 Å². The molecule has 0 aromatic heterocycles. The van der Waals surface area contributed by atoms with Gasteiger partial charge in [-0.3, -0.25) is 13.9 Å². The zero-order valence-electron chi connectivity index (χ0n) is 23.6. The van der Waals surface area contributed by atoms with Crippen LogP contribution in [0.15, 0.2) is 65.6 Å². The molecule has 3 aromatic carbocycles. The molecule has 220 valence electrons. The molecule has 0 radical (unpaired) electrons. The Morgan fingerprint density at radius 1 is 0.902 bits per heavy atom. The molecule has 1 atom stereocenters. The second-order valence-electron chi connectivity index (χ2n) is 10.1. The van der Waals surface area contributed by atoms with Crippen LogP contribution in [0.4, 0.5) is 5.69 Å². The van der Waals surface area contributed by atoms with E-state index >= 15 is 0 Å². The predicted octanol–water partition coefficient (Wildman–Crippen LogP) is 6.79. The molecule has 1 unspecified atom stereocenters. The summed E-state index contributed by atoms with van der Waals surface area (Å²) in [5.74, 6) is -0.943. The highest BCUT2D eigenvalue weighted by Crippen LogP contribution is 2.29. The Hall–Kier alpha value is -2.78. The SMILES string of the molecule is CCC(C(=O)NC(C)C)N(Cc1ccc(Cl)cc1Cl)C(=O)CN(c1ccc(C)c(Cl)c1)S(=O)(=O)c1ccc(C)cc1. The summed E-state index contributed by atoms with van der Waals surface area (Å²) >= 11 is 18.9. The van der Waals surface area contributed by atoms with Crippen LogP contribution in [0.5, 0.6) is 0 Å². The summed E-state index contributed by atoms with van der Waals surface area (Å²) in [5.41, 5.74) is 2.42. The molecule has 0 aliphatic carbocycles. The van der Waals surface area contributed by atoms with Crippen molar-refractivity contribution in [2.24, 2.45) is 0 Å². The summed E-state index contributed by atoms with van der Waals surface area (Å²) in [7, 11) is -4.20. The van der Waals surface area contributed by atoms with Crippen LogP contribution >= 0.6 is 34.8 Å². The highest BCUT2D eigenvalue weighted by molar-refractivity contribution is 7.92. The molecule has 2 amide bonds. The Morgan fingerprint density at radius 2 is 1.56 bits per heavy atom. The van der Waals surface area contributed by atoms with Gasteiger partial charge in [0.2, 0.25) is 11.8 Å². The summed E-state index contributed by atoms with van der Waals surface area (Å²) < 4.78 is 29.0. The smallest absolute Gasteiger partial charge is 0.264 e. The van der Waals surface area contributed by atoms with E-state index in [0.29, 0.717) is 20.6 Å². The van der Waals surface area contributed by atoms with Gasteiger partial charge in [-0.05, 0) is 81.6 Å². The quantitative estimate of drug-likeness (QED) is 0.251. The third kappa shape index (κ3) is 8.16. The second kappa shape index (κ2) is 13.9. The first kappa shape index (κ1) is 32.7. The fourth-order valence-electron chi connectivity index (χ4n) is 4.24. The molecule has 0 saturated heterocycles. The molecule has 0 aliphatic heterocycles. The summed E-state index contributed by atoms with van der Waals surface area (Å²) in [6, 6.07) is 15.0. The lowest BCUT2D eigenvalue weighted by molar-refractivity contribution is -0.140. The lowest BCUT2D eigenvalue weighted by Crippen LogP contribution is -2.53. The predicted molar refractivity (Wildman–Crippen MR) is 166 cm³/mol. The van der Waals surface area contributed by atoms with Gasteiger partial charge in [-0.1, -0.05) is 71.6 Å². The first-order valence-corrected chi connectivity index (χ1v) is 15.7. The van der Waals surface area contributed by atoms with E-state index in [1.807, 2.05) is 20.8 Å². The van der Waals surface area contributed by atoms with E-state index in [2.05, 4.69) is 5.32 Å². The van der Waals surface area contributed by atoms with E-state index in [9.17, 15) is 18.0 Å². The van der Waals surface area contributed by atoms with Crippen LogP contribution in [-0.2, 0) is 26.2 Å². The number of amides is 2. The Labute approximate surface area is 257 Å². The van der Waals surface area contributed by atoms with E-state index in [1.54, 1.807) is 56.3 Å². The van der Waals surface area contributed by atoms with Gasteiger partial charge >= 0.3 is 0 Å². The van der Waals surface area contributed by atoms with E-state index in [4.69, 9.17) is 34.8 Å². The summed E-state index contributed by atoms with van der Waals surface area (Å²) in [6.45, 7) is 8.47. The highest BCUT2D eigenvalue weighted by atomic mass is 35.5. The number of rotatable bonds is 11. The topological polar surface area (TPSA) is 86.8 Å². The van der Waals surface area contributed by atoms with Gasteiger partial charge in [0.05, 0.1) is 10.6 Å². The molecule has 7 nitrogen and oxygen atoms in total. The monoisotopic (exact) mass is 637 g/mol. The molecule has 0 bridgehead atoms. The lowest BCUT2D eigenvalue weighted by atomic mass is 10.1. The van der Waals surface area contributed by atoms with Crippen LogP contribution in [0.1, 0.15) is 43.9 Å². The van der Waals surface area contributed by atoms with Gasteiger partial charge in [0.25, 0.3) is 10.0 Å². The van der Waals surface area contributed by atoms with Gasteiger partial charge in [0, 0.05) is 27.7 Å². The van der Waals surface area contributed by atoms with Crippen LogP contribution in [0.25, 0.3) is 0 Å². The van der Waals surface area contributed by atoms with Gasteiger partial charge < -0.3 is 10.2 Å². The van der Waals surface area contributed by atoms with Crippen molar-refractivity contribution in [2.75, 3.05) is 10.8 Å². The van der Waals surface area contributed by atoms with Gasteiger partial charge in [-0.15, -0.1) is 0 Å². The number of sulfonamides is 1. The summed E-state index contributed by atoms with van der Waals surface area (Å²) in [5, 5.41) is 3.96. The minimum Gasteiger partial charge on any atom is -0.352 e. The molecule has 0 aliphatic rings. The average Bonchev–Trinajstić information content (AvgIpc) is 2.89. The molecule has 0 heterocycles. The molecule has 3 rings (SSSR count). The molecule has 0 saturated carbocycles. The fourth-order valence-corrected chi connectivity index (χ4v) is 6.29. The molecular weight excluding hydrogens is 605 g/mol. The van der Waals surface area contributed by atoms with E-state index in [0.717, 1.165) is 15.4 Å². The number of halogens is 3. The number of aryl methyl sites for hydroxylation is 2. The number of hydrogen-bond donors (Lipinski definition) is 1. The molecule has 0 fully saturated rings. The zero-order valence-corrected chi connectivity index (χ0v) is 26.7. The van der Waals surface area contributed by atoms with Crippen molar-refractivity contribution >= 4 is 62.3 Å². The maximum absolute atomic E-state index is 14.1. The lowest BCUT2D eigenvalue weighted by Gasteiger charge is -2.33. The van der Waals surface area contributed by atoms with Crippen molar-refractivity contribution in [3.63, 3.8) is 0 Å². The van der Waals surface area contributed by atoms with Crippen molar-refractivity contribution in [2.45, 2.75) is 64.6 Å². The van der Waals surface area contributed by atoms with Crippen LogP contribution in [0.2, 0.25) is 15.1 Å². The first-order valence-electron chi connectivity index (χ1n) is 13.1. The van der Waals surface area contributed by atoms with Crippen molar-refractivity contribution < 1.29 is 18.0 Å². The number of nitrogens with one attached hydrogen (secondary N) is 1. The van der Waals surface area contributed by atoms with Crippen LogP contribution in [0, 0.1) is 13.8 Å². The number of carbonyl (C=O) groups excluding carboxylic acids is 2. The number of benzene rings is 3. The summed E-state index contributed by atoms with van der Waals surface area (Å²) in [6.07, 6.45) is 0.288.